The molecule has 1 heterocycles. The first-order valence-electron chi connectivity index (χ1n) is 6.83. The molecule has 0 radical (unpaired) electrons. The van der Waals surface area contributed by atoms with Crippen molar-refractivity contribution in [3.63, 3.8) is 0 Å². The summed E-state index contributed by atoms with van der Waals surface area (Å²) in [5.74, 6) is 0.832. The molecule has 0 aliphatic heterocycles. The highest BCUT2D eigenvalue weighted by atomic mass is 16.1. The average molecular weight is 254 g/mol. The highest BCUT2D eigenvalue weighted by molar-refractivity contribution is 5.39. The summed E-state index contributed by atoms with van der Waals surface area (Å²) in [5, 5.41) is 0. The maximum Gasteiger partial charge on any atom is 0.254 e. The van der Waals surface area contributed by atoms with Gasteiger partial charge in [-0.05, 0) is 31.7 Å². The lowest BCUT2D eigenvalue weighted by Gasteiger charge is -2.16. The molecule has 1 aliphatic carbocycles. The maximum absolute atomic E-state index is 12.1. The monoisotopic (exact) mass is 254 g/mol. The van der Waals surface area contributed by atoms with E-state index >= 15 is 0 Å². The minimum absolute atomic E-state index is 0.0206. The van der Waals surface area contributed by atoms with Crippen LogP contribution in [-0.4, -0.2) is 9.97 Å². The molecule has 3 nitrogen and oxygen atoms in total. The number of H-pyrrole nitrogens is 1. The van der Waals surface area contributed by atoms with Gasteiger partial charge in [0.25, 0.3) is 5.56 Å². The van der Waals surface area contributed by atoms with Crippen molar-refractivity contribution in [1.29, 1.82) is 0 Å². The van der Waals surface area contributed by atoms with Gasteiger partial charge in [0.1, 0.15) is 5.82 Å². The van der Waals surface area contributed by atoms with Crippen molar-refractivity contribution in [1.82, 2.24) is 9.97 Å². The van der Waals surface area contributed by atoms with Gasteiger partial charge in [-0.1, -0.05) is 37.3 Å². The van der Waals surface area contributed by atoms with Crippen LogP contribution in [0.3, 0.4) is 0 Å². The molecular weight excluding hydrogens is 236 g/mol. The molecule has 1 N–H and O–H groups in total. The Hall–Kier alpha value is -1.90. The molecule has 0 bridgehead atoms. The number of aryl methyl sites for hydroxylation is 1. The van der Waals surface area contributed by atoms with Crippen LogP contribution in [0, 0.1) is 6.92 Å². The zero-order chi connectivity index (χ0) is 13.5. The molecular formula is C16H18N2O. The Bertz CT molecular complexity index is 654. The molecule has 1 aromatic carbocycles. The van der Waals surface area contributed by atoms with Crippen LogP contribution in [0.2, 0.25) is 0 Å². The second kappa shape index (κ2) is 4.34. The Morgan fingerprint density at radius 3 is 2.47 bits per heavy atom. The predicted molar refractivity (Wildman–Crippen MR) is 75.4 cm³/mol. The Morgan fingerprint density at radius 1 is 1.26 bits per heavy atom. The van der Waals surface area contributed by atoms with Crippen LogP contribution in [0.25, 0.3) is 0 Å². The summed E-state index contributed by atoms with van der Waals surface area (Å²) in [6.07, 6.45) is 2.85. The van der Waals surface area contributed by atoms with Gasteiger partial charge in [-0.15, -0.1) is 0 Å². The first kappa shape index (κ1) is 12.2. The van der Waals surface area contributed by atoms with Crippen molar-refractivity contribution in [2.45, 2.75) is 38.5 Å². The van der Waals surface area contributed by atoms with E-state index in [1.807, 2.05) is 32.0 Å². The van der Waals surface area contributed by atoms with E-state index in [0.29, 0.717) is 0 Å². The van der Waals surface area contributed by atoms with E-state index in [4.69, 9.17) is 0 Å². The normalized spacial score (nSPS) is 16.3. The molecule has 19 heavy (non-hydrogen) atoms. The highest BCUT2D eigenvalue weighted by Gasteiger charge is 2.48. The Balaban J connectivity index is 2.11. The van der Waals surface area contributed by atoms with Gasteiger partial charge >= 0.3 is 0 Å². The number of benzene rings is 1. The molecule has 1 aliphatic rings. The third kappa shape index (κ3) is 1.89. The summed E-state index contributed by atoms with van der Waals surface area (Å²) in [6, 6.07) is 10.3. The van der Waals surface area contributed by atoms with E-state index < -0.39 is 0 Å². The van der Waals surface area contributed by atoms with E-state index in [2.05, 4.69) is 22.1 Å². The standard InChI is InChI=1S/C16H18N2O/c1-3-13-11(2)17-15(18-14(13)19)16(9-10-16)12-7-5-4-6-8-12/h4-8H,3,9-10H2,1-2H3,(H,17,18,19). The molecule has 3 rings (SSSR count). The summed E-state index contributed by atoms with van der Waals surface area (Å²) in [5.41, 5.74) is 2.88. The largest absolute Gasteiger partial charge is 0.310 e. The zero-order valence-electron chi connectivity index (χ0n) is 11.4. The Kier molecular flexibility index (Phi) is 2.77. The van der Waals surface area contributed by atoms with E-state index in [-0.39, 0.29) is 11.0 Å². The smallest absolute Gasteiger partial charge is 0.254 e. The van der Waals surface area contributed by atoms with Crippen LogP contribution < -0.4 is 5.56 Å². The number of nitrogens with zero attached hydrogens (tertiary/aromatic N) is 1. The van der Waals surface area contributed by atoms with E-state index in [0.717, 1.165) is 36.3 Å². The van der Waals surface area contributed by atoms with Crippen LogP contribution in [-0.2, 0) is 11.8 Å². The zero-order valence-corrected chi connectivity index (χ0v) is 11.4. The van der Waals surface area contributed by atoms with Gasteiger partial charge in [-0.25, -0.2) is 4.98 Å². The van der Waals surface area contributed by atoms with Crippen LogP contribution >= 0.6 is 0 Å². The minimum Gasteiger partial charge on any atom is -0.310 e. The van der Waals surface area contributed by atoms with Crippen molar-refractivity contribution in [2.75, 3.05) is 0 Å². The molecule has 0 spiro atoms. The third-order valence-electron chi connectivity index (χ3n) is 4.11. The molecule has 2 aromatic rings. The van der Waals surface area contributed by atoms with Crippen LogP contribution in [0.15, 0.2) is 35.1 Å². The summed E-state index contributed by atoms with van der Waals surface area (Å²) < 4.78 is 0. The van der Waals surface area contributed by atoms with Crippen molar-refractivity contribution in [2.24, 2.45) is 0 Å². The predicted octanol–water partition coefficient (Wildman–Crippen LogP) is 2.72. The first-order chi connectivity index (χ1) is 9.17. The van der Waals surface area contributed by atoms with Gasteiger partial charge in [-0.3, -0.25) is 4.79 Å². The fourth-order valence-electron chi connectivity index (χ4n) is 2.80. The number of rotatable bonds is 3. The number of hydrogen-bond acceptors (Lipinski definition) is 2. The summed E-state index contributed by atoms with van der Waals surface area (Å²) >= 11 is 0. The molecule has 98 valence electrons. The fourth-order valence-corrected chi connectivity index (χ4v) is 2.80. The van der Waals surface area contributed by atoms with Gasteiger partial charge in [0.2, 0.25) is 0 Å². The Labute approximate surface area is 112 Å². The number of nitrogens with one attached hydrogen (secondary N) is 1. The van der Waals surface area contributed by atoms with Crippen molar-refractivity contribution in [3.8, 4) is 0 Å². The number of aromatic amines is 1. The van der Waals surface area contributed by atoms with E-state index in [1.54, 1.807) is 0 Å². The van der Waals surface area contributed by atoms with Crippen LogP contribution in [0.5, 0.6) is 0 Å². The summed E-state index contributed by atoms with van der Waals surface area (Å²) in [4.78, 5) is 19.8. The highest BCUT2D eigenvalue weighted by Crippen LogP contribution is 2.51. The van der Waals surface area contributed by atoms with Crippen molar-refractivity contribution < 1.29 is 0 Å². The quantitative estimate of drug-likeness (QED) is 0.915. The van der Waals surface area contributed by atoms with E-state index in [9.17, 15) is 4.79 Å². The lowest BCUT2D eigenvalue weighted by molar-refractivity contribution is 0.730. The maximum atomic E-state index is 12.1. The second-order valence-electron chi connectivity index (χ2n) is 5.28. The molecule has 0 amide bonds. The van der Waals surface area contributed by atoms with E-state index in [1.165, 1.54) is 5.56 Å². The lowest BCUT2D eigenvalue weighted by atomic mass is 9.95. The summed E-state index contributed by atoms with van der Waals surface area (Å²) in [7, 11) is 0. The minimum atomic E-state index is -0.0581. The second-order valence-corrected chi connectivity index (χ2v) is 5.28. The van der Waals surface area contributed by atoms with Gasteiger partial charge < -0.3 is 4.98 Å². The SMILES string of the molecule is CCc1c(C)nc(C2(c3ccccc3)CC2)[nH]c1=O. The molecule has 0 unspecified atom stereocenters. The topological polar surface area (TPSA) is 45.8 Å². The average Bonchev–Trinajstić information content (AvgIpc) is 3.21. The fraction of sp³-hybridized carbons (Fsp3) is 0.375. The third-order valence-corrected chi connectivity index (χ3v) is 4.11. The molecule has 1 saturated carbocycles. The van der Waals surface area contributed by atoms with Crippen molar-refractivity contribution >= 4 is 0 Å². The Morgan fingerprint density at radius 2 is 1.95 bits per heavy atom. The molecule has 1 aromatic heterocycles. The van der Waals surface area contributed by atoms with Gasteiger partial charge in [0.15, 0.2) is 0 Å². The molecule has 1 fully saturated rings. The van der Waals surface area contributed by atoms with Gasteiger partial charge in [0.05, 0.1) is 5.41 Å². The molecule has 3 heteroatoms. The summed E-state index contributed by atoms with van der Waals surface area (Å²) in [6.45, 7) is 3.92. The molecule has 0 atom stereocenters. The lowest BCUT2D eigenvalue weighted by Crippen LogP contribution is -2.23. The number of hydrogen-bond donors (Lipinski definition) is 1. The van der Waals surface area contributed by atoms with Crippen molar-refractivity contribution in [3.05, 3.63) is 63.3 Å². The van der Waals surface area contributed by atoms with Crippen LogP contribution in [0.1, 0.15) is 42.4 Å². The number of aromatic nitrogens is 2. The first-order valence-corrected chi connectivity index (χ1v) is 6.83. The molecule has 0 saturated heterocycles. The van der Waals surface area contributed by atoms with Crippen LogP contribution in [0.4, 0.5) is 0 Å². The van der Waals surface area contributed by atoms with Gasteiger partial charge in [-0.2, -0.15) is 0 Å². The van der Waals surface area contributed by atoms with Gasteiger partial charge in [0, 0.05) is 11.3 Å².